The Morgan fingerprint density at radius 1 is 1.41 bits per heavy atom. The predicted molar refractivity (Wildman–Crippen MR) is 78.0 cm³/mol. The normalized spacial score (nSPS) is 41.3. The number of carbonyl (C=O) groups excluding carboxylic acids is 1. The highest BCUT2D eigenvalue weighted by atomic mass is 16.5. The molecule has 4 aliphatic rings. The summed E-state index contributed by atoms with van der Waals surface area (Å²) in [6.07, 6.45) is 3.70. The molecule has 2 aliphatic carbocycles. The third-order valence-electron chi connectivity index (χ3n) is 6.14. The molecule has 5 heteroatoms. The number of hydrogen-bond acceptors (Lipinski definition) is 5. The second-order valence-electron chi connectivity index (χ2n) is 6.93. The summed E-state index contributed by atoms with van der Waals surface area (Å²) in [6, 6.07) is 3.44. The average Bonchev–Trinajstić information content (AvgIpc) is 2.85. The van der Waals surface area contributed by atoms with Gasteiger partial charge >= 0.3 is 0 Å². The van der Waals surface area contributed by atoms with Crippen LogP contribution in [0.5, 0.6) is 11.5 Å². The minimum Gasteiger partial charge on any atom is -0.504 e. The number of nitrogens with zero attached hydrogens (tertiary/aromatic N) is 1. The Balaban J connectivity index is 1.91. The van der Waals surface area contributed by atoms with Crippen LogP contribution < -0.4 is 4.74 Å². The molecule has 1 saturated heterocycles. The Labute approximate surface area is 127 Å². The number of aliphatic hydroxyl groups is 1. The van der Waals surface area contributed by atoms with E-state index in [0.29, 0.717) is 18.6 Å². The standard InChI is InChI=1S/C17H17NO4/c1-18-7-6-16-13-9-2-3-10(19)14(13)22-15(16)11(20)4-5-17(16,21)12(18)8-9/h2-5,12,15,19,21H,6-8H2,1H3/t12?,15-,16-,17?/m0/s1. The minimum absolute atomic E-state index is 0.0510. The fourth-order valence-corrected chi connectivity index (χ4v) is 5.13. The zero-order chi connectivity index (χ0) is 15.3. The van der Waals surface area contributed by atoms with Crippen molar-refractivity contribution in [2.24, 2.45) is 0 Å². The van der Waals surface area contributed by atoms with Gasteiger partial charge in [0.05, 0.1) is 5.41 Å². The highest BCUT2D eigenvalue weighted by molar-refractivity contribution is 5.99. The van der Waals surface area contributed by atoms with E-state index in [9.17, 15) is 15.0 Å². The van der Waals surface area contributed by atoms with Gasteiger partial charge in [-0.3, -0.25) is 9.69 Å². The molecular formula is C17H17NO4. The number of likely N-dealkylation sites (N-methyl/N-ethyl adjacent to an activating group) is 1. The minimum atomic E-state index is -1.13. The van der Waals surface area contributed by atoms with Gasteiger partial charge in [-0.15, -0.1) is 0 Å². The van der Waals surface area contributed by atoms with Gasteiger partial charge in [0.25, 0.3) is 0 Å². The Kier molecular flexibility index (Phi) is 2.04. The Morgan fingerprint density at radius 2 is 2.23 bits per heavy atom. The molecule has 2 heterocycles. The maximum Gasteiger partial charge on any atom is 0.196 e. The quantitative estimate of drug-likeness (QED) is 0.731. The molecule has 0 aromatic heterocycles. The number of hydrogen-bond donors (Lipinski definition) is 2. The molecule has 1 aromatic carbocycles. The lowest BCUT2D eigenvalue weighted by Crippen LogP contribution is -2.74. The molecule has 2 unspecified atom stereocenters. The molecule has 0 amide bonds. The van der Waals surface area contributed by atoms with Crippen LogP contribution in [0.25, 0.3) is 0 Å². The van der Waals surface area contributed by atoms with Gasteiger partial charge in [-0.25, -0.2) is 0 Å². The molecule has 114 valence electrons. The second-order valence-corrected chi connectivity index (χ2v) is 6.93. The van der Waals surface area contributed by atoms with Crippen LogP contribution in [0.2, 0.25) is 0 Å². The van der Waals surface area contributed by atoms with Crippen LogP contribution in [0.4, 0.5) is 0 Å². The van der Waals surface area contributed by atoms with E-state index in [1.54, 1.807) is 12.1 Å². The maximum absolute atomic E-state index is 12.4. The molecule has 2 bridgehead atoms. The maximum atomic E-state index is 12.4. The van der Waals surface area contributed by atoms with E-state index in [4.69, 9.17) is 4.74 Å². The predicted octanol–water partition coefficient (Wildman–Crippen LogP) is 0.521. The van der Waals surface area contributed by atoms with Crippen molar-refractivity contribution in [1.82, 2.24) is 4.90 Å². The number of ether oxygens (including phenoxy) is 1. The largest absolute Gasteiger partial charge is 0.504 e. The van der Waals surface area contributed by atoms with Crippen molar-refractivity contribution in [3.63, 3.8) is 0 Å². The van der Waals surface area contributed by atoms with Gasteiger partial charge in [-0.1, -0.05) is 6.07 Å². The first-order valence-electron chi connectivity index (χ1n) is 7.67. The molecule has 0 radical (unpaired) electrons. The van der Waals surface area contributed by atoms with E-state index in [1.807, 2.05) is 13.1 Å². The van der Waals surface area contributed by atoms with Gasteiger partial charge in [0.2, 0.25) is 0 Å². The number of ketones is 1. The number of piperidine rings is 1. The highest BCUT2D eigenvalue weighted by Gasteiger charge is 2.71. The lowest BCUT2D eigenvalue weighted by atomic mass is 9.51. The van der Waals surface area contributed by atoms with Gasteiger partial charge in [0.1, 0.15) is 5.60 Å². The summed E-state index contributed by atoms with van der Waals surface area (Å²) < 4.78 is 5.89. The third kappa shape index (κ3) is 1.08. The van der Waals surface area contributed by atoms with E-state index in [-0.39, 0.29) is 17.6 Å². The summed E-state index contributed by atoms with van der Waals surface area (Å²) in [5.41, 5.74) is 0.0177. The van der Waals surface area contributed by atoms with Crippen LogP contribution in [0.1, 0.15) is 17.5 Å². The Hall–Kier alpha value is -1.85. The van der Waals surface area contributed by atoms with E-state index in [0.717, 1.165) is 17.7 Å². The number of carbonyl (C=O) groups is 1. The molecule has 2 aliphatic heterocycles. The molecule has 1 aromatic rings. The molecule has 5 rings (SSSR count). The SMILES string of the molecule is CN1CC[C@]23c4c5ccc(O)c4O[C@H]2C(=O)C=CC3(O)C1C5. The monoisotopic (exact) mass is 299 g/mol. The molecule has 1 fully saturated rings. The van der Waals surface area contributed by atoms with Crippen molar-refractivity contribution in [3.8, 4) is 11.5 Å². The number of likely N-dealkylation sites (tertiary alicyclic amines) is 1. The van der Waals surface area contributed by atoms with Crippen molar-refractivity contribution < 1.29 is 19.7 Å². The van der Waals surface area contributed by atoms with E-state index in [2.05, 4.69) is 4.90 Å². The second kappa shape index (κ2) is 3.55. The average molecular weight is 299 g/mol. The topological polar surface area (TPSA) is 70.0 Å². The van der Waals surface area contributed by atoms with Crippen LogP contribution >= 0.6 is 0 Å². The summed E-state index contributed by atoms with van der Waals surface area (Å²) in [5.74, 6) is 0.312. The Morgan fingerprint density at radius 3 is 3.05 bits per heavy atom. The fraction of sp³-hybridized carbons (Fsp3) is 0.471. The summed E-state index contributed by atoms with van der Waals surface area (Å²) in [6.45, 7) is 0.794. The number of benzene rings is 1. The number of phenolic OH excluding ortho intramolecular Hbond substituents is 1. The molecule has 1 spiro atoms. The first-order valence-corrected chi connectivity index (χ1v) is 7.67. The van der Waals surface area contributed by atoms with Crippen LogP contribution in [0, 0.1) is 0 Å². The highest BCUT2D eigenvalue weighted by Crippen LogP contribution is 2.63. The lowest BCUT2D eigenvalue weighted by Gasteiger charge is -2.60. The zero-order valence-electron chi connectivity index (χ0n) is 12.2. The lowest BCUT2D eigenvalue weighted by molar-refractivity contribution is -0.151. The van der Waals surface area contributed by atoms with E-state index >= 15 is 0 Å². The molecular weight excluding hydrogens is 282 g/mol. The van der Waals surface area contributed by atoms with Crippen LogP contribution in [-0.4, -0.2) is 52.2 Å². The molecule has 4 atom stereocenters. The smallest absolute Gasteiger partial charge is 0.196 e. The molecule has 0 saturated carbocycles. The van der Waals surface area contributed by atoms with Crippen LogP contribution in [0.15, 0.2) is 24.3 Å². The number of aromatic hydroxyl groups is 1. The number of phenols is 1. The summed E-state index contributed by atoms with van der Waals surface area (Å²) >= 11 is 0. The van der Waals surface area contributed by atoms with Crippen molar-refractivity contribution in [3.05, 3.63) is 35.4 Å². The molecule has 5 nitrogen and oxygen atoms in total. The van der Waals surface area contributed by atoms with Crippen molar-refractivity contribution >= 4 is 5.78 Å². The summed E-state index contributed by atoms with van der Waals surface area (Å²) in [4.78, 5) is 14.6. The van der Waals surface area contributed by atoms with E-state index in [1.165, 1.54) is 6.08 Å². The van der Waals surface area contributed by atoms with E-state index < -0.39 is 17.1 Å². The van der Waals surface area contributed by atoms with Crippen molar-refractivity contribution in [2.75, 3.05) is 13.6 Å². The molecule has 2 N–H and O–H groups in total. The van der Waals surface area contributed by atoms with Crippen molar-refractivity contribution in [1.29, 1.82) is 0 Å². The van der Waals surface area contributed by atoms with Gasteiger partial charge < -0.3 is 14.9 Å². The fourth-order valence-electron chi connectivity index (χ4n) is 5.13. The van der Waals surface area contributed by atoms with Gasteiger partial charge in [-0.05, 0) is 50.2 Å². The third-order valence-corrected chi connectivity index (χ3v) is 6.14. The Bertz CT molecular complexity index is 757. The van der Waals surface area contributed by atoms with Gasteiger partial charge in [0.15, 0.2) is 23.4 Å². The number of rotatable bonds is 0. The van der Waals surface area contributed by atoms with Crippen LogP contribution in [0.3, 0.4) is 0 Å². The first kappa shape index (κ1) is 12.7. The summed E-state index contributed by atoms with van der Waals surface area (Å²) in [5, 5.41) is 21.7. The van der Waals surface area contributed by atoms with Gasteiger partial charge in [0, 0.05) is 11.6 Å². The zero-order valence-corrected chi connectivity index (χ0v) is 12.2. The van der Waals surface area contributed by atoms with Crippen LogP contribution in [-0.2, 0) is 16.6 Å². The molecule has 22 heavy (non-hydrogen) atoms. The first-order chi connectivity index (χ1) is 10.5. The van der Waals surface area contributed by atoms with Crippen molar-refractivity contribution in [2.45, 2.75) is 36.0 Å². The summed E-state index contributed by atoms with van der Waals surface area (Å²) in [7, 11) is 2.01. The van der Waals surface area contributed by atoms with Gasteiger partial charge in [-0.2, -0.15) is 0 Å².